The molecule has 0 bridgehead atoms. The number of hydrogen-bond donors (Lipinski definition) is 4. The number of aliphatic hydroxyl groups is 4. The molecule has 12 unspecified atom stereocenters. The molecule has 3 aliphatic heterocycles. The summed E-state index contributed by atoms with van der Waals surface area (Å²) in [6, 6.07) is 0. The summed E-state index contributed by atoms with van der Waals surface area (Å²) in [6.45, 7) is 38.3. The van der Waals surface area contributed by atoms with Crippen molar-refractivity contribution in [2.45, 2.75) is 149 Å². The van der Waals surface area contributed by atoms with Crippen LogP contribution in [0.15, 0.2) is 25.3 Å². The molecule has 3 saturated heterocycles. The topological polar surface area (TPSA) is 262 Å². The van der Waals surface area contributed by atoms with Gasteiger partial charge in [-0.1, -0.05) is 27.5 Å². The van der Waals surface area contributed by atoms with Gasteiger partial charge < -0.3 is 87.1 Å². The molecule has 0 amide bonds. The van der Waals surface area contributed by atoms with E-state index in [0.29, 0.717) is 65.6 Å². The van der Waals surface area contributed by atoms with Gasteiger partial charge in [0.2, 0.25) is 0 Å². The van der Waals surface area contributed by atoms with Crippen LogP contribution in [0.4, 0.5) is 0 Å². The van der Waals surface area contributed by atoms with Crippen molar-refractivity contribution in [3.63, 3.8) is 0 Å². The Bertz CT molecular complexity index is 1730. The van der Waals surface area contributed by atoms with Crippen molar-refractivity contribution in [3.05, 3.63) is 25.3 Å². The summed E-state index contributed by atoms with van der Waals surface area (Å²) in [7, 11) is 4.24. The van der Waals surface area contributed by atoms with Crippen molar-refractivity contribution >= 4 is 17.9 Å². The standard InChI is InChI=1S/C38H78N6O10.C22H36O9.CH4/c1-31(23-49-27-35(45)19-41-11-7-39(5)8-12-41)52-26-34(4)54-30-38(48)22-44-17-15-43(16-18-44)20-36(46)28-50-24-32(2)51-25-33(3)53-29-37(47)21-42-13-9-40(6)10-14-42;1-7-10-22(25)30-12-17(5)27-15-19(31-18(6)13-29-21(24)9-3)14-26-16(4)11-28-20(23)8-2;/h31-38,45-48H,7-30H2,1-6H3;8-9,16-19H,2-3,7,10-15H2,1,4-6H3;1H4. The van der Waals surface area contributed by atoms with E-state index in [1.54, 1.807) is 20.8 Å². The lowest BCUT2D eigenvalue weighted by Crippen LogP contribution is -2.51. The first kappa shape index (κ1) is 81.1. The van der Waals surface area contributed by atoms with E-state index in [4.69, 9.17) is 56.8 Å². The third kappa shape index (κ3) is 42.2. The van der Waals surface area contributed by atoms with E-state index in [2.05, 4.69) is 56.7 Å². The maximum Gasteiger partial charge on any atom is 0.330 e. The maximum atomic E-state index is 11.5. The summed E-state index contributed by atoms with van der Waals surface area (Å²) in [4.78, 5) is 47.4. The number of carbonyl (C=O) groups is 3. The van der Waals surface area contributed by atoms with Crippen LogP contribution in [0.1, 0.15) is 75.7 Å². The number of β-amino-alcohol motifs (C(OH)–C–C–N with tert-alkyl or cyclic N) is 4. The molecule has 3 fully saturated rings. The van der Waals surface area contributed by atoms with Crippen LogP contribution in [0.2, 0.25) is 0 Å². The van der Waals surface area contributed by atoms with E-state index in [0.717, 1.165) is 97.1 Å². The van der Waals surface area contributed by atoms with Gasteiger partial charge in [-0.3, -0.25) is 24.4 Å². The van der Waals surface area contributed by atoms with Crippen LogP contribution >= 0.6 is 0 Å². The fraction of sp³-hybridized carbons (Fsp3) is 0.885. The quantitative estimate of drug-likeness (QED) is 0.0379. The van der Waals surface area contributed by atoms with Gasteiger partial charge in [-0.05, 0) is 69.0 Å². The van der Waals surface area contributed by atoms with E-state index < -0.39 is 48.6 Å². The zero-order valence-corrected chi connectivity index (χ0v) is 53.5. The summed E-state index contributed by atoms with van der Waals surface area (Å²) >= 11 is 0. The average molecular weight is 1240 g/mol. The SMILES string of the molecule is C.C=CC(=O)OCC(C)OCC(COC(C)COC(=O)CCC)OC(C)COC(=O)C=C.CC(COCC(O)CN1CCN(CC(O)COC(C)COC(C)COCC(O)CN2CCN(C)CC2)CC1)OCC(C)OCC(O)CN1CCN(C)CC1. The summed E-state index contributed by atoms with van der Waals surface area (Å²) in [6.07, 6.45) is -1.19. The van der Waals surface area contributed by atoms with Gasteiger partial charge in [-0.2, -0.15) is 0 Å². The lowest BCUT2D eigenvalue weighted by molar-refractivity contribution is -0.157. The van der Waals surface area contributed by atoms with Crippen LogP contribution in [0.3, 0.4) is 0 Å². The largest absolute Gasteiger partial charge is 0.463 e. The molecule has 0 spiro atoms. The molecule has 0 aromatic heterocycles. The molecule has 86 heavy (non-hydrogen) atoms. The van der Waals surface area contributed by atoms with E-state index in [-0.39, 0.29) is 103 Å². The van der Waals surface area contributed by atoms with Gasteiger partial charge >= 0.3 is 17.9 Å². The Morgan fingerprint density at radius 1 is 0.407 bits per heavy atom. The second-order valence-corrected chi connectivity index (χ2v) is 23.0. The molecule has 0 aliphatic carbocycles. The van der Waals surface area contributed by atoms with Gasteiger partial charge in [0.25, 0.3) is 0 Å². The molecule has 0 radical (unpaired) electrons. The van der Waals surface area contributed by atoms with Crippen LogP contribution in [-0.4, -0.2) is 346 Å². The zero-order valence-electron chi connectivity index (χ0n) is 53.5. The molecule has 0 aromatic carbocycles. The summed E-state index contributed by atoms with van der Waals surface area (Å²) in [5, 5.41) is 41.8. The van der Waals surface area contributed by atoms with E-state index >= 15 is 0 Å². The zero-order chi connectivity index (χ0) is 62.9. The van der Waals surface area contributed by atoms with Crippen molar-refractivity contribution in [3.8, 4) is 0 Å². The van der Waals surface area contributed by atoms with Gasteiger partial charge in [0.15, 0.2) is 0 Å². The fourth-order valence-corrected chi connectivity index (χ4v) is 8.84. The van der Waals surface area contributed by atoms with E-state index in [9.17, 15) is 34.8 Å². The number of hydrogen-bond acceptors (Lipinski definition) is 25. The first-order valence-corrected chi connectivity index (χ1v) is 30.8. The van der Waals surface area contributed by atoms with Crippen molar-refractivity contribution < 1.29 is 91.7 Å². The number of aliphatic hydroxyl groups excluding tert-OH is 4. The lowest BCUT2D eigenvalue weighted by atomic mass is 10.2. The molecule has 25 heteroatoms. The predicted octanol–water partition coefficient (Wildman–Crippen LogP) is 1.20. The molecule has 25 nitrogen and oxygen atoms in total. The molecular formula is C61H118N6O19. The molecule has 3 rings (SSSR count). The Morgan fingerprint density at radius 3 is 1.06 bits per heavy atom. The van der Waals surface area contributed by atoms with Crippen LogP contribution in [0, 0.1) is 0 Å². The monoisotopic (exact) mass is 1240 g/mol. The number of esters is 3. The second kappa shape index (κ2) is 48.9. The van der Waals surface area contributed by atoms with Crippen LogP contribution in [-0.2, 0) is 71.2 Å². The number of carbonyl (C=O) groups excluding carboxylic acids is 3. The molecule has 0 saturated carbocycles. The van der Waals surface area contributed by atoms with E-state index in [1.807, 2.05) is 34.6 Å². The molecule has 12 atom stereocenters. The molecule has 3 heterocycles. The molecule has 506 valence electrons. The molecular weight excluding hydrogens is 1120 g/mol. The molecule has 4 N–H and O–H groups in total. The Kier molecular flexibility index (Phi) is 46.1. The van der Waals surface area contributed by atoms with Crippen molar-refractivity contribution in [2.24, 2.45) is 0 Å². The smallest absolute Gasteiger partial charge is 0.330 e. The van der Waals surface area contributed by atoms with Gasteiger partial charge in [-0.25, -0.2) is 9.59 Å². The number of likely N-dealkylation sites (N-methyl/N-ethyl adjacent to an activating group) is 2. The van der Waals surface area contributed by atoms with E-state index in [1.165, 1.54) is 0 Å². The maximum absolute atomic E-state index is 11.5. The fourth-order valence-electron chi connectivity index (χ4n) is 8.84. The van der Waals surface area contributed by atoms with Gasteiger partial charge in [0, 0.05) is 123 Å². The van der Waals surface area contributed by atoms with Crippen molar-refractivity contribution in [2.75, 3.05) is 205 Å². The van der Waals surface area contributed by atoms with Crippen LogP contribution in [0.25, 0.3) is 0 Å². The average Bonchev–Trinajstić information content (AvgIpc) is 3.67. The number of ether oxygens (including phenoxy) is 12. The van der Waals surface area contributed by atoms with Gasteiger partial charge in [0.1, 0.15) is 25.9 Å². The third-order valence-electron chi connectivity index (χ3n) is 14.0. The minimum atomic E-state index is -0.599. The van der Waals surface area contributed by atoms with Crippen molar-refractivity contribution in [1.29, 1.82) is 0 Å². The van der Waals surface area contributed by atoms with Crippen LogP contribution in [0.5, 0.6) is 0 Å². The predicted molar refractivity (Wildman–Crippen MR) is 328 cm³/mol. The third-order valence-corrected chi connectivity index (χ3v) is 14.0. The first-order valence-electron chi connectivity index (χ1n) is 30.8. The lowest BCUT2D eigenvalue weighted by Gasteiger charge is -2.36. The summed E-state index contributed by atoms with van der Waals surface area (Å²) in [5.74, 6) is -1.34. The highest BCUT2D eigenvalue weighted by molar-refractivity contribution is 5.81. The van der Waals surface area contributed by atoms with Crippen LogP contribution < -0.4 is 0 Å². The summed E-state index contributed by atoms with van der Waals surface area (Å²) in [5.41, 5.74) is 0. The highest BCUT2D eigenvalue weighted by atomic mass is 16.6. The minimum Gasteiger partial charge on any atom is -0.463 e. The van der Waals surface area contributed by atoms with Gasteiger partial charge in [0.05, 0.1) is 133 Å². The van der Waals surface area contributed by atoms with Crippen molar-refractivity contribution in [1.82, 2.24) is 29.4 Å². The number of nitrogens with zero attached hydrogens (tertiary/aromatic N) is 6. The highest BCUT2D eigenvalue weighted by Gasteiger charge is 2.25. The second-order valence-electron chi connectivity index (χ2n) is 23.0. The molecule has 3 aliphatic rings. The number of rotatable bonds is 46. The highest BCUT2D eigenvalue weighted by Crippen LogP contribution is 2.11. The summed E-state index contributed by atoms with van der Waals surface area (Å²) < 4.78 is 67.2. The Balaban J connectivity index is 0.000000987. The number of piperazine rings is 3. The Hall–Kier alpha value is -2.87. The Labute approximate surface area is 516 Å². The minimum absolute atomic E-state index is 0. The first-order chi connectivity index (χ1) is 40.5. The molecule has 0 aromatic rings. The van der Waals surface area contributed by atoms with Gasteiger partial charge in [-0.15, -0.1) is 0 Å². The normalized spacial score (nSPS) is 20.3. The Morgan fingerprint density at radius 2 is 0.698 bits per heavy atom.